The molecule has 1 amide bonds. The van der Waals surface area contributed by atoms with Crippen LogP contribution in [0.1, 0.15) is 98.6 Å². The van der Waals surface area contributed by atoms with Crippen LogP contribution >= 0.6 is 0 Å². The molecule has 2 aliphatic heterocycles. The number of nitrogens with one attached hydrogen (secondary N) is 5. The number of carbonyl (C=O) groups is 4. The van der Waals surface area contributed by atoms with Crippen LogP contribution in [0.5, 0.6) is 0 Å². The third-order valence-corrected chi connectivity index (χ3v) is 11.9. The van der Waals surface area contributed by atoms with Crippen LogP contribution in [0.25, 0.3) is 11.3 Å². The number of nitrogens with two attached hydrogens (primary N) is 1. The van der Waals surface area contributed by atoms with Crippen molar-refractivity contribution in [1.82, 2.24) is 44.5 Å². The third-order valence-electron chi connectivity index (χ3n) is 11.9. The van der Waals surface area contributed by atoms with E-state index in [1.165, 1.54) is 0 Å². The lowest BCUT2D eigenvalue weighted by atomic mass is 10.1. The highest BCUT2D eigenvalue weighted by Gasteiger charge is 2.21. The van der Waals surface area contributed by atoms with Crippen molar-refractivity contribution in [2.24, 2.45) is 5.73 Å². The summed E-state index contributed by atoms with van der Waals surface area (Å²) in [5.41, 5.74) is 13.0. The van der Waals surface area contributed by atoms with Crippen LogP contribution in [0, 0.1) is 0 Å². The number of Topliss-reactive ketones (excluding diaryl/α,β-unsaturated/α-hetero) is 2. The van der Waals surface area contributed by atoms with Crippen molar-refractivity contribution in [3.05, 3.63) is 120 Å². The Morgan fingerprint density at radius 2 is 1.11 bits per heavy atom. The zero-order valence-corrected chi connectivity index (χ0v) is 42.1. The normalized spacial score (nSPS) is 13.8. The van der Waals surface area contributed by atoms with Crippen LogP contribution in [0.2, 0.25) is 0 Å². The first kappa shape index (κ1) is 54.7. The molecule has 6 heterocycles. The lowest BCUT2D eigenvalue weighted by molar-refractivity contribution is -0.131. The molecule has 6 aromatic rings. The van der Waals surface area contributed by atoms with Gasteiger partial charge in [-0.05, 0) is 65.8 Å². The predicted octanol–water partition coefficient (Wildman–Crippen LogP) is 5.64. The van der Waals surface area contributed by atoms with E-state index in [1.807, 2.05) is 60.9 Å². The minimum atomic E-state index is -0.981. The van der Waals surface area contributed by atoms with Gasteiger partial charge in [-0.2, -0.15) is 39.2 Å². The van der Waals surface area contributed by atoms with Gasteiger partial charge in [-0.15, -0.1) is 0 Å². The molecule has 0 radical (unpaired) electrons. The van der Waals surface area contributed by atoms with Gasteiger partial charge in [0.25, 0.3) is 0 Å². The topological polar surface area (TPSA) is 279 Å². The molecule has 0 bridgehead atoms. The number of nitrogens with zero attached hydrogens (tertiary/aromatic N) is 8. The summed E-state index contributed by atoms with van der Waals surface area (Å²) in [4.78, 5) is 63.4. The summed E-state index contributed by atoms with van der Waals surface area (Å²) in [7, 11) is 0. The first-order valence-corrected chi connectivity index (χ1v) is 24.6. The van der Waals surface area contributed by atoms with E-state index in [-0.39, 0.29) is 48.9 Å². The average molecular weight is 1000 g/mol. The lowest BCUT2D eigenvalue weighted by Gasteiger charge is -2.23. The second-order valence-electron chi connectivity index (χ2n) is 18.2. The Balaban J connectivity index is 0.000000219. The van der Waals surface area contributed by atoms with E-state index in [4.69, 9.17) is 40.2 Å². The number of ketones is 2. The van der Waals surface area contributed by atoms with E-state index in [0.717, 1.165) is 109 Å². The fourth-order valence-electron chi connectivity index (χ4n) is 7.92. The maximum atomic E-state index is 12.2. The van der Waals surface area contributed by atoms with Crippen molar-refractivity contribution in [1.29, 1.82) is 0 Å². The van der Waals surface area contributed by atoms with E-state index in [1.54, 1.807) is 9.03 Å². The zero-order valence-electron chi connectivity index (χ0n) is 42.1. The van der Waals surface area contributed by atoms with Gasteiger partial charge in [-0.3, -0.25) is 14.4 Å². The van der Waals surface area contributed by atoms with Crippen molar-refractivity contribution in [2.45, 2.75) is 103 Å². The Labute approximate surface area is 424 Å². The average Bonchev–Trinajstić information content (AvgIpc) is 4.03. The second kappa shape index (κ2) is 27.3. The van der Waals surface area contributed by atoms with Crippen molar-refractivity contribution in [3.8, 4) is 0 Å². The maximum absolute atomic E-state index is 12.2. The third kappa shape index (κ3) is 16.5. The van der Waals surface area contributed by atoms with Gasteiger partial charge in [0.1, 0.15) is 0 Å². The molecule has 8 N–H and O–H groups in total. The number of carboxylic acid groups (broad SMARTS) is 1. The SMILES string of the molecule is C=CC(=O)NCC(=O)Cc1cccc(CNc2nc(NC3CCOCC3)nc3c(C(C)C)cnn23)c1.C=CC(=O)O.CC(C)c1cnn2c(NCc3cccc(CC(=O)CN)c3)nc(NC3CCOCC3)nc12. The summed E-state index contributed by atoms with van der Waals surface area (Å²) in [5, 5.41) is 32.9. The van der Waals surface area contributed by atoms with Gasteiger partial charge < -0.3 is 46.9 Å². The van der Waals surface area contributed by atoms with Gasteiger partial charge >= 0.3 is 5.97 Å². The predicted molar refractivity (Wildman–Crippen MR) is 280 cm³/mol. The molecular formula is C52H68N14O7. The number of aromatic nitrogens is 8. The van der Waals surface area contributed by atoms with Crippen molar-refractivity contribution >= 4 is 58.5 Å². The minimum Gasteiger partial charge on any atom is -0.478 e. The van der Waals surface area contributed by atoms with Crippen LogP contribution < -0.4 is 32.3 Å². The summed E-state index contributed by atoms with van der Waals surface area (Å²) in [6.45, 7) is 18.9. The van der Waals surface area contributed by atoms with Crippen LogP contribution in [0.15, 0.2) is 86.2 Å². The Kier molecular flexibility index (Phi) is 20.4. The zero-order chi connectivity index (χ0) is 52.3. The standard InChI is InChI=1S/C26H33N7O3.C23H31N7O2.C3H4O2/c1-4-23(35)27-15-21(34)13-18-6-5-7-19(12-18)14-28-26-32-25(30-20-8-10-36-11-9-20)31-24-22(17(2)3)16-29-33(24)26;1-15(2)20-14-26-30-21(20)28-22(27-18-6-8-32-9-7-18)29-23(30)25-13-17-5-3-4-16(10-17)11-19(31)12-24;1-2-3(4)5/h4-7,12,16-17,20H,1,8-11,13-15H2,2-3H3,(H,27,35)(H2,28,30,31,32);3-5,10,14-15,18H,6-9,11-13,24H2,1-2H3,(H2,25,27,28,29);2H,1H2,(H,4,5). The first-order chi connectivity index (χ1) is 35.2. The molecule has 0 spiro atoms. The molecular weight excluding hydrogens is 933 g/mol. The van der Waals surface area contributed by atoms with E-state index < -0.39 is 5.97 Å². The quantitative estimate of drug-likeness (QED) is 0.0430. The molecule has 388 valence electrons. The minimum absolute atomic E-state index is 0.0212. The number of rotatable bonds is 21. The number of benzene rings is 2. The molecule has 4 aromatic heterocycles. The van der Waals surface area contributed by atoms with Gasteiger partial charge in [-0.25, -0.2) is 4.79 Å². The molecule has 2 saturated heterocycles. The highest BCUT2D eigenvalue weighted by molar-refractivity contribution is 5.92. The van der Waals surface area contributed by atoms with Gasteiger partial charge in [-0.1, -0.05) is 89.4 Å². The Bertz CT molecular complexity index is 2830. The van der Waals surface area contributed by atoms with Gasteiger partial charge in [0.2, 0.25) is 29.7 Å². The molecule has 0 unspecified atom stereocenters. The monoisotopic (exact) mass is 1000 g/mol. The number of hydrogen-bond donors (Lipinski definition) is 7. The number of amides is 1. The van der Waals surface area contributed by atoms with Crippen molar-refractivity contribution in [2.75, 3.05) is 60.8 Å². The molecule has 2 aliphatic rings. The Hall–Kier alpha value is -7.62. The number of ether oxygens (including phenoxy) is 2. The summed E-state index contributed by atoms with van der Waals surface area (Å²) < 4.78 is 14.4. The molecule has 0 saturated carbocycles. The molecule has 73 heavy (non-hydrogen) atoms. The van der Waals surface area contributed by atoms with Gasteiger partial charge in [0.15, 0.2) is 22.9 Å². The molecule has 2 fully saturated rings. The smallest absolute Gasteiger partial charge is 0.327 e. The molecule has 0 aliphatic carbocycles. The second-order valence-corrected chi connectivity index (χ2v) is 18.2. The fourth-order valence-corrected chi connectivity index (χ4v) is 7.92. The maximum Gasteiger partial charge on any atom is 0.327 e. The van der Waals surface area contributed by atoms with Crippen LogP contribution in [0.3, 0.4) is 0 Å². The fraction of sp³-hybridized carbons (Fsp3) is 0.423. The van der Waals surface area contributed by atoms with E-state index in [0.29, 0.717) is 55.3 Å². The van der Waals surface area contributed by atoms with Crippen LogP contribution in [-0.2, 0) is 54.6 Å². The molecule has 0 atom stereocenters. The lowest BCUT2D eigenvalue weighted by Crippen LogP contribution is -2.29. The highest BCUT2D eigenvalue weighted by atomic mass is 16.5. The largest absolute Gasteiger partial charge is 0.478 e. The van der Waals surface area contributed by atoms with Crippen molar-refractivity contribution < 1.29 is 33.8 Å². The Morgan fingerprint density at radius 1 is 0.685 bits per heavy atom. The molecule has 21 nitrogen and oxygen atoms in total. The number of carbonyl (C=O) groups excluding carboxylic acids is 3. The van der Waals surface area contributed by atoms with Crippen LogP contribution in [-0.4, -0.2) is 119 Å². The van der Waals surface area contributed by atoms with E-state index in [2.05, 4.69) is 77.6 Å². The summed E-state index contributed by atoms with van der Waals surface area (Å²) in [5.74, 6) is 1.55. The van der Waals surface area contributed by atoms with Gasteiger partial charge in [0, 0.05) is 81.6 Å². The highest BCUT2D eigenvalue weighted by Crippen LogP contribution is 2.25. The molecule has 2 aromatic carbocycles. The number of fused-ring (bicyclic) bond motifs is 2. The first-order valence-electron chi connectivity index (χ1n) is 24.6. The molecule has 21 heteroatoms. The Morgan fingerprint density at radius 3 is 1.51 bits per heavy atom. The molecule has 8 rings (SSSR count). The van der Waals surface area contributed by atoms with Crippen LogP contribution in [0.4, 0.5) is 23.8 Å². The number of hydrogen-bond acceptors (Lipinski definition) is 17. The van der Waals surface area contributed by atoms with E-state index in [9.17, 15) is 19.2 Å². The summed E-state index contributed by atoms with van der Waals surface area (Å²) >= 11 is 0. The number of aliphatic carboxylic acids is 1. The number of carboxylic acids is 1. The van der Waals surface area contributed by atoms with Crippen molar-refractivity contribution in [3.63, 3.8) is 0 Å². The summed E-state index contributed by atoms with van der Waals surface area (Å²) in [6.07, 6.45) is 9.96. The van der Waals surface area contributed by atoms with Gasteiger partial charge in [0.05, 0.1) is 25.5 Å². The summed E-state index contributed by atoms with van der Waals surface area (Å²) in [6, 6.07) is 16.3. The number of anilines is 4. The van der Waals surface area contributed by atoms with E-state index >= 15 is 0 Å².